The van der Waals surface area contributed by atoms with Gasteiger partial charge in [-0.15, -0.1) is 0 Å². The van der Waals surface area contributed by atoms with E-state index in [9.17, 15) is 14.4 Å². The van der Waals surface area contributed by atoms with Crippen LogP contribution in [0.1, 0.15) is 55.1 Å². The number of carbonyl (C=O) groups is 3. The molecule has 2 aliphatic rings. The molecule has 1 aliphatic heterocycles. The molecular weight excluding hydrogens is 474 g/mol. The van der Waals surface area contributed by atoms with Crippen LogP contribution in [0.5, 0.6) is 0 Å². The molecule has 1 aromatic carbocycles. The van der Waals surface area contributed by atoms with Gasteiger partial charge in [-0.3, -0.25) is 4.79 Å². The van der Waals surface area contributed by atoms with Gasteiger partial charge in [-0.25, -0.2) is 15.0 Å². The van der Waals surface area contributed by atoms with Crippen LogP contribution < -0.4 is 10.7 Å². The number of hydrogen-bond donors (Lipinski definition) is 2. The highest BCUT2D eigenvalue weighted by Crippen LogP contribution is 2.32. The quantitative estimate of drug-likeness (QED) is 0.332. The first-order chi connectivity index (χ1) is 16.4. The molecule has 0 unspecified atom stereocenters. The molecule has 0 radical (unpaired) electrons. The molecule has 0 bridgehead atoms. The zero-order valence-electron chi connectivity index (χ0n) is 18.7. The second-order valence-corrected chi connectivity index (χ2v) is 9.61. The minimum atomic E-state index is -0.434. The summed E-state index contributed by atoms with van der Waals surface area (Å²) >= 11 is 6.38. The standard InChI is InChI=1S/C24H25N3O5S2/c1-2-31-22(29)16-10-8-15(9-11-16)19-13-12-18(32-19)14-20-21(28)27(24(33)34-20)26-23(30)25-17-6-4-3-5-7-17/h8-14,17H,2-7H2,1H3,(H2,25,26,30). The molecule has 4 rings (SSSR count). The first kappa shape index (κ1) is 24.0. The third-order valence-corrected chi connectivity index (χ3v) is 6.83. The number of urea groups is 1. The number of benzene rings is 1. The highest BCUT2D eigenvalue weighted by atomic mass is 32.2. The Bertz CT molecular complexity index is 1120. The Morgan fingerprint density at radius 1 is 1.18 bits per heavy atom. The number of nitrogens with zero attached hydrogens (tertiary/aromatic N) is 1. The summed E-state index contributed by atoms with van der Waals surface area (Å²) in [6.07, 6.45) is 6.85. The van der Waals surface area contributed by atoms with Gasteiger partial charge in [0, 0.05) is 17.7 Å². The van der Waals surface area contributed by atoms with Crippen molar-refractivity contribution in [1.82, 2.24) is 15.8 Å². The van der Waals surface area contributed by atoms with E-state index < -0.39 is 11.9 Å². The van der Waals surface area contributed by atoms with Crippen molar-refractivity contribution in [2.75, 3.05) is 6.61 Å². The van der Waals surface area contributed by atoms with Gasteiger partial charge in [0.1, 0.15) is 11.5 Å². The number of carbonyl (C=O) groups excluding carboxylic acids is 3. The minimum absolute atomic E-state index is 0.121. The van der Waals surface area contributed by atoms with Crippen molar-refractivity contribution in [2.24, 2.45) is 0 Å². The van der Waals surface area contributed by atoms with Gasteiger partial charge in [-0.1, -0.05) is 43.2 Å². The van der Waals surface area contributed by atoms with Crippen molar-refractivity contribution in [1.29, 1.82) is 0 Å². The van der Waals surface area contributed by atoms with Crippen LogP contribution in [0.25, 0.3) is 17.4 Å². The lowest BCUT2D eigenvalue weighted by Gasteiger charge is -2.24. The van der Waals surface area contributed by atoms with Gasteiger partial charge in [0.15, 0.2) is 4.32 Å². The lowest BCUT2D eigenvalue weighted by Crippen LogP contribution is -2.51. The van der Waals surface area contributed by atoms with E-state index in [-0.39, 0.29) is 16.3 Å². The van der Waals surface area contributed by atoms with Gasteiger partial charge in [-0.2, -0.15) is 5.01 Å². The number of rotatable bonds is 6. The van der Waals surface area contributed by atoms with Crippen molar-refractivity contribution in [2.45, 2.75) is 45.1 Å². The number of nitrogens with one attached hydrogen (secondary N) is 2. The molecule has 3 amide bonds. The Kier molecular flexibility index (Phi) is 7.69. The molecule has 8 nitrogen and oxygen atoms in total. The molecule has 1 saturated carbocycles. The summed E-state index contributed by atoms with van der Waals surface area (Å²) in [5.41, 5.74) is 3.80. The summed E-state index contributed by atoms with van der Waals surface area (Å²) in [6, 6.07) is 10.1. The third-order valence-electron chi connectivity index (χ3n) is 5.53. The predicted octanol–water partition coefficient (Wildman–Crippen LogP) is 4.87. The van der Waals surface area contributed by atoms with Gasteiger partial charge >= 0.3 is 12.0 Å². The number of thiocarbonyl (C=S) groups is 1. The van der Waals surface area contributed by atoms with Crippen molar-refractivity contribution < 1.29 is 23.5 Å². The van der Waals surface area contributed by atoms with Crippen LogP contribution in [0.3, 0.4) is 0 Å². The highest BCUT2D eigenvalue weighted by Gasteiger charge is 2.34. The molecule has 1 saturated heterocycles. The number of amides is 3. The van der Waals surface area contributed by atoms with Crippen LogP contribution >= 0.6 is 24.0 Å². The fraction of sp³-hybridized carbons (Fsp3) is 0.333. The molecule has 2 fully saturated rings. The zero-order chi connectivity index (χ0) is 24.1. The van der Waals surface area contributed by atoms with Crippen LogP contribution in [-0.4, -0.2) is 39.9 Å². The van der Waals surface area contributed by atoms with Crippen molar-refractivity contribution in [3.8, 4) is 11.3 Å². The molecule has 0 spiro atoms. The monoisotopic (exact) mass is 499 g/mol. The van der Waals surface area contributed by atoms with E-state index >= 15 is 0 Å². The molecule has 10 heteroatoms. The summed E-state index contributed by atoms with van der Waals surface area (Å²) in [4.78, 5) is 37.3. The van der Waals surface area contributed by atoms with Crippen LogP contribution in [0.15, 0.2) is 45.7 Å². The highest BCUT2D eigenvalue weighted by molar-refractivity contribution is 8.26. The SMILES string of the molecule is CCOC(=O)c1ccc(-c2ccc(C=C3SC(=S)N(NC(=O)NC4CCCCC4)C3=O)o2)cc1. The molecule has 0 atom stereocenters. The summed E-state index contributed by atoms with van der Waals surface area (Å²) in [5, 5.41) is 4.00. The van der Waals surface area contributed by atoms with E-state index in [1.165, 1.54) is 6.42 Å². The van der Waals surface area contributed by atoms with Crippen LogP contribution in [-0.2, 0) is 9.53 Å². The molecule has 1 aliphatic carbocycles. The average Bonchev–Trinajstić information content (AvgIpc) is 3.40. The Hall–Kier alpha value is -3.11. The van der Waals surface area contributed by atoms with Crippen LogP contribution in [0.2, 0.25) is 0 Å². The summed E-state index contributed by atoms with van der Waals surface area (Å²) in [5.74, 6) is 0.265. The van der Waals surface area contributed by atoms with E-state index in [0.29, 0.717) is 28.6 Å². The van der Waals surface area contributed by atoms with Crippen molar-refractivity contribution in [3.63, 3.8) is 0 Å². The zero-order valence-corrected chi connectivity index (χ0v) is 20.3. The fourth-order valence-corrected chi connectivity index (χ4v) is 4.99. The first-order valence-corrected chi connectivity index (χ1v) is 12.4. The topological polar surface area (TPSA) is 101 Å². The number of furan rings is 1. The Morgan fingerprint density at radius 2 is 1.91 bits per heavy atom. The van der Waals surface area contributed by atoms with Gasteiger partial charge < -0.3 is 14.5 Å². The summed E-state index contributed by atoms with van der Waals surface area (Å²) < 4.78 is 11.1. The maximum absolute atomic E-state index is 12.8. The molecule has 2 aromatic rings. The number of hydrogen-bond acceptors (Lipinski definition) is 7. The second-order valence-electron chi connectivity index (χ2n) is 7.94. The Morgan fingerprint density at radius 3 is 2.62 bits per heavy atom. The second kappa shape index (κ2) is 10.9. The van der Waals surface area contributed by atoms with Gasteiger partial charge in [0.05, 0.1) is 17.1 Å². The van der Waals surface area contributed by atoms with Crippen LogP contribution in [0, 0.1) is 0 Å². The van der Waals surface area contributed by atoms with E-state index in [1.807, 2.05) is 0 Å². The van der Waals surface area contributed by atoms with E-state index in [1.54, 1.807) is 49.4 Å². The van der Waals surface area contributed by atoms with E-state index in [4.69, 9.17) is 21.4 Å². The molecule has 34 heavy (non-hydrogen) atoms. The Labute approximate surface area is 207 Å². The molecular formula is C24H25N3O5S2. The molecule has 1 aromatic heterocycles. The van der Waals surface area contributed by atoms with Crippen molar-refractivity contribution >= 4 is 52.3 Å². The van der Waals surface area contributed by atoms with Gasteiger partial charge in [0.2, 0.25) is 0 Å². The maximum atomic E-state index is 12.8. The normalized spacial score (nSPS) is 17.8. The molecule has 2 N–H and O–H groups in total. The lowest BCUT2D eigenvalue weighted by atomic mass is 9.96. The summed E-state index contributed by atoms with van der Waals surface area (Å²) in [7, 11) is 0. The number of thioether (sulfide) groups is 1. The first-order valence-electron chi connectivity index (χ1n) is 11.2. The minimum Gasteiger partial charge on any atom is -0.462 e. The smallest absolute Gasteiger partial charge is 0.338 e. The van der Waals surface area contributed by atoms with Gasteiger partial charge in [-0.05, 0) is 56.2 Å². The average molecular weight is 500 g/mol. The summed E-state index contributed by atoms with van der Waals surface area (Å²) in [6.45, 7) is 2.07. The predicted molar refractivity (Wildman–Crippen MR) is 134 cm³/mol. The maximum Gasteiger partial charge on any atom is 0.338 e. The third kappa shape index (κ3) is 5.68. The lowest BCUT2D eigenvalue weighted by molar-refractivity contribution is -0.123. The van der Waals surface area contributed by atoms with E-state index in [0.717, 1.165) is 48.0 Å². The van der Waals surface area contributed by atoms with Crippen LogP contribution in [0.4, 0.5) is 4.79 Å². The molecule has 178 valence electrons. The van der Waals surface area contributed by atoms with Gasteiger partial charge in [0.25, 0.3) is 5.91 Å². The number of esters is 1. The largest absolute Gasteiger partial charge is 0.462 e. The van der Waals surface area contributed by atoms with Crippen molar-refractivity contribution in [3.05, 3.63) is 52.6 Å². The Balaban J connectivity index is 1.39. The number of hydrazine groups is 1. The molecule has 2 heterocycles. The number of ether oxygens (including phenoxy) is 1. The fourth-order valence-electron chi connectivity index (χ4n) is 3.83. The van der Waals surface area contributed by atoms with E-state index in [2.05, 4.69) is 10.7 Å².